The summed E-state index contributed by atoms with van der Waals surface area (Å²) in [5.41, 5.74) is 0. The molecule has 0 heterocycles. The first-order chi connectivity index (χ1) is 7.37. The van der Waals surface area contributed by atoms with E-state index < -0.39 is 5.97 Å². The van der Waals surface area contributed by atoms with Gasteiger partial charge in [-0.25, -0.2) is 0 Å². The molecule has 0 atom stereocenters. The molecule has 0 aromatic heterocycles. The van der Waals surface area contributed by atoms with E-state index in [0.29, 0.717) is 0 Å². The van der Waals surface area contributed by atoms with Crippen LogP contribution in [-0.2, 0) is 31.3 Å². The Morgan fingerprint density at radius 1 is 0.889 bits per heavy atom. The molecule has 6 nitrogen and oxygen atoms in total. The molecule has 0 rings (SSSR count). The Morgan fingerprint density at radius 3 is 1.06 bits per heavy atom. The smallest absolute Gasteiger partial charge is 0.310 e. The summed E-state index contributed by atoms with van der Waals surface area (Å²) in [4.78, 5) is 19.5. The quantitative estimate of drug-likeness (QED) is 0.335. The zero-order valence-electron chi connectivity index (χ0n) is 11.9. The number of aliphatic hydroxyl groups excluding tert-OH is 3. The molecule has 0 aromatic carbocycles. The third-order valence-electron chi connectivity index (χ3n) is 0.400. The summed E-state index contributed by atoms with van der Waals surface area (Å²) in [7, 11) is 0. The first kappa shape index (κ1) is 36.1. The maximum atomic E-state index is 9.87. The van der Waals surface area contributed by atoms with Crippen molar-refractivity contribution >= 4 is 11.8 Å². The topological polar surface area (TPSA) is 115 Å². The summed E-state index contributed by atoms with van der Waals surface area (Å²) in [5, 5.41) is 30.6. The van der Waals surface area contributed by atoms with Crippen molar-refractivity contribution in [1.29, 1.82) is 0 Å². The Balaban J connectivity index is -0.0000000284. The molecule has 0 aromatic rings. The molecule has 0 spiro atoms. The third-order valence-corrected chi connectivity index (χ3v) is 0.400. The Labute approximate surface area is 125 Å². The predicted molar refractivity (Wildman–Crippen MR) is 67.6 cm³/mol. The van der Waals surface area contributed by atoms with Crippen molar-refractivity contribution in [3.8, 4) is 0 Å². The number of aliphatic hydroxyl groups is 3. The van der Waals surface area contributed by atoms with Crippen LogP contribution >= 0.6 is 0 Å². The zero-order valence-corrected chi connectivity index (χ0v) is 13.5. The van der Waals surface area contributed by atoms with E-state index in [1.807, 2.05) is 0 Å². The Bertz CT molecular complexity index is 125. The van der Waals surface area contributed by atoms with Crippen molar-refractivity contribution in [2.24, 2.45) is 0 Å². The van der Waals surface area contributed by atoms with Gasteiger partial charge in [0.25, 0.3) is 0 Å². The van der Waals surface area contributed by atoms with E-state index in [1.54, 1.807) is 20.8 Å². The maximum absolute atomic E-state index is 9.87. The number of aliphatic carboxylic acids is 1. The predicted octanol–water partition coefficient (Wildman–Crippen LogP) is 0.494. The number of carboxylic acid groups (broad SMARTS) is 1. The van der Waals surface area contributed by atoms with Crippen LogP contribution < -0.4 is 0 Å². The number of carbonyl (C=O) groups is 2. The summed E-state index contributed by atoms with van der Waals surface area (Å²) in [5.74, 6) is -1.37. The fourth-order valence-electron chi connectivity index (χ4n) is 0.213. The summed E-state index contributed by atoms with van der Waals surface area (Å²) >= 11 is 0. The Hall–Kier alpha value is -0.266. The van der Waals surface area contributed by atoms with Crippen LogP contribution in [0.5, 0.6) is 0 Å². The van der Waals surface area contributed by atoms with Crippen LogP contribution in [0.1, 0.15) is 34.1 Å². The molecule has 112 valence electrons. The van der Waals surface area contributed by atoms with Crippen molar-refractivity contribution in [3.05, 3.63) is 7.43 Å². The van der Waals surface area contributed by atoms with Gasteiger partial charge in [0, 0.05) is 41.5 Å². The van der Waals surface area contributed by atoms with Crippen LogP contribution in [0.3, 0.4) is 0 Å². The normalized spacial score (nSPS) is 6.17. The molecule has 4 N–H and O–H groups in total. The second-order valence-corrected chi connectivity index (χ2v) is 2.22. The van der Waals surface area contributed by atoms with Gasteiger partial charge in [-0.05, 0) is 27.7 Å². The van der Waals surface area contributed by atoms with E-state index in [-0.39, 0.29) is 61.2 Å². The van der Waals surface area contributed by atoms with E-state index in [9.17, 15) is 9.59 Å². The van der Waals surface area contributed by atoms with Gasteiger partial charge in [0.05, 0.1) is 0 Å². The van der Waals surface area contributed by atoms with Crippen LogP contribution in [0, 0.1) is 7.43 Å². The molecule has 0 saturated carbocycles. The second-order valence-electron chi connectivity index (χ2n) is 2.22. The number of hydrogen-bond donors (Lipinski definition) is 4. The number of carboxylic acids is 1. The minimum Gasteiger partial charge on any atom is -0.481 e. The van der Waals surface area contributed by atoms with Gasteiger partial charge in [-0.1, -0.05) is 0 Å². The molecule has 0 radical (unpaired) electrons. The van der Waals surface area contributed by atoms with Crippen LogP contribution in [0.25, 0.3) is 0 Å². The molecule has 0 unspecified atom stereocenters. The summed E-state index contributed by atoms with van der Waals surface area (Å²) in [6.45, 7) is 7.04. The number of ketones is 1. The molecule has 0 saturated heterocycles. The number of hydrogen-bond acceptors (Lipinski definition) is 5. The van der Waals surface area contributed by atoms with E-state index in [1.165, 1.54) is 6.92 Å². The average molecular weight is 303 g/mol. The SMILES string of the molecule is CC(=O)CC(=O)O.CCO.CCO.CCO.[CH3-].[Ti]. The molecule has 0 bridgehead atoms. The van der Waals surface area contributed by atoms with Crippen LogP contribution in [0.4, 0.5) is 0 Å². The van der Waals surface area contributed by atoms with Gasteiger partial charge in [-0.15, -0.1) is 0 Å². The molecule has 0 amide bonds. The molecule has 0 aliphatic heterocycles. The molecule has 0 fully saturated rings. The van der Waals surface area contributed by atoms with Crippen molar-refractivity contribution in [3.63, 3.8) is 0 Å². The van der Waals surface area contributed by atoms with Crippen LogP contribution in [-0.4, -0.2) is 52.0 Å². The van der Waals surface area contributed by atoms with Crippen LogP contribution in [0.2, 0.25) is 0 Å². The molecule has 7 heteroatoms. The molecule has 0 aliphatic rings. The minimum atomic E-state index is -1.06. The Morgan fingerprint density at radius 2 is 1.06 bits per heavy atom. The number of carbonyl (C=O) groups excluding carboxylic acids is 1. The average Bonchev–Trinajstić information content (AvgIpc) is 2.04. The summed E-state index contributed by atoms with van der Waals surface area (Å²) in [6.07, 6.45) is -0.361. The molecule has 0 aliphatic carbocycles. The van der Waals surface area contributed by atoms with Crippen molar-refractivity contribution in [1.82, 2.24) is 0 Å². The van der Waals surface area contributed by atoms with Crippen molar-refractivity contribution in [2.45, 2.75) is 34.1 Å². The van der Waals surface area contributed by atoms with E-state index in [2.05, 4.69) is 0 Å². The fraction of sp³-hybridized carbons (Fsp3) is 0.727. The summed E-state index contributed by atoms with van der Waals surface area (Å²) < 4.78 is 0. The zero-order chi connectivity index (χ0) is 14.0. The number of rotatable bonds is 2. The molecular formula is C11H27O6Ti-. The standard InChI is InChI=1S/C4H6O3.3C2H6O.CH3.Ti/c1-3(5)2-4(6)7;3*1-2-3;;/h2H2,1H3,(H,6,7);3*3H,2H2,1H3;1H3;/q;;;;-1;. The van der Waals surface area contributed by atoms with E-state index in [0.717, 1.165) is 0 Å². The van der Waals surface area contributed by atoms with Gasteiger partial charge in [0.2, 0.25) is 0 Å². The second kappa shape index (κ2) is 43.7. The Kier molecular flexibility index (Phi) is 87.6. The maximum Gasteiger partial charge on any atom is 0.310 e. The van der Waals surface area contributed by atoms with Gasteiger partial charge in [0.15, 0.2) is 0 Å². The van der Waals surface area contributed by atoms with Gasteiger partial charge < -0.3 is 27.9 Å². The minimum absolute atomic E-state index is 0. The first-order valence-electron chi connectivity index (χ1n) is 4.91. The van der Waals surface area contributed by atoms with E-state index in [4.69, 9.17) is 20.4 Å². The fourth-order valence-corrected chi connectivity index (χ4v) is 0.213. The van der Waals surface area contributed by atoms with Crippen LogP contribution in [0.15, 0.2) is 0 Å². The van der Waals surface area contributed by atoms with E-state index >= 15 is 0 Å². The van der Waals surface area contributed by atoms with Gasteiger partial charge in [0.1, 0.15) is 12.2 Å². The number of Topliss-reactive ketones (excluding diaryl/α,β-unsaturated/α-hetero) is 1. The van der Waals surface area contributed by atoms with Gasteiger partial charge >= 0.3 is 5.97 Å². The van der Waals surface area contributed by atoms with Crippen molar-refractivity contribution in [2.75, 3.05) is 19.8 Å². The third kappa shape index (κ3) is 245. The van der Waals surface area contributed by atoms with Gasteiger partial charge in [-0.3, -0.25) is 9.59 Å². The largest absolute Gasteiger partial charge is 0.481 e. The molecular weight excluding hydrogens is 276 g/mol. The molecule has 18 heavy (non-hydrogen) atoms. The first-order valence-corrected chi connectivity index (χ1v) is 4.91. The monoisotopic (exact) mass is 303 g/mol. The summed E-state index contributed by atoms with van der Waals surface area (Å²) in [6, 6.07) is 0. The van der Waals surface area contributed by atoms with Gasteiger partial charge in [-0.2, -0.15) is 0 Å². The van der Waals surface area contributed by atoms with Crippen molar-refractivity contribution < 1.29 is 51.7 Å².